The molecule has 170 valence electrons. The first kappa shape index (κ1) is 20.5. The number of fused-ring (bicyclic) bond motifs is 1. The van der Waals surface area contributed by atoms with Gasteiger partial charge in [0.05, 0.1) is 5.56 Å². The fourth-order valence-electron chi connectivity index (χ4n) is 7.75. The second kappa shape index (κ2) is 7.20. The number of nitrogens with zero attached hydrogens (tertiary/aromatic N) is 2. The molecule has 1 unspecified atom stereocenters. The van der Waals surface area contributed by atoms with E-state index >= 15 is 0 Å². The fourth-order valence-corrected chi connectivity index (χ4v) is 8.32. The number of carboxylic acid groups (broad SMARTS) is 1. The molecule has 1 aromatic rings. The Bertz CT molecular complexity index is 971. The Hall–Kier alpha value is -2.09. The minimum absolute atomic E-state index is 0.0434. The summed E-state index contributed by atoms with van der Waals surface area (Å²) in [6.45, 7) is 0.798. The van der Waals surface area contributed by atoms with E-state index in [-0.39, 0.29) is 24.4 Å². The molecule has 2 heterocycles. The van der Waals surface area contributed by atoms with Crippen LogP contribution in [-0.2, 0) is 9.59 Å². The van der Waals surface area contributed by atoms with Crippen molar-refractivity contribution in [2.45, 2.75) is 43.2 Å². The van der Waals surface area contributed by atoms with Gasteiger partial charge >= 0.3 is 5.97 Å². The summed E-state index contributed by atoms with van der Waals surface area (Å²) in [5, 5.41) is 13.7. The fraction of sp³-hybridized carbons (Fsp3) is 0.667. The van der Waals surface area contributed by atoms with E-state index < -0.39 is 17.3 Å². The minimum atomic E-state index is -0.974. The van der Waals surface area contributed by atoms with Crippen LogP contribution in [0.5, 0.6) is 0 Å². The average Bonchev–Trinajstić information content (AvgIpc) is 3.22. The number of aliphatic carboxylic acids is 1. The number of hydrogen-bond donors (Lipinski definition) is 2. The van der Waals surface area contributed by atoms with Gasteiger partial charge < -0.3 is 20.1 Å². The summed E-state index contributed by atoms with van der Waals surface area (Å²) in [5.74, 6) is 2.15. The smallest absolute Gasteiger partial charge is 0.312 e. The van der Waals surface area contributed by atoms with Gasteiger partial charge in [0, 0.05) is 31.0 Å². The number of nitrogens with one attached hydrogen (secondary N) is 1. The summed E-state index contributed by atoms with van der Waals surface area (Å²) in [5.41, 5.74) is -0.378. The van der Waals surface area contributed by atoms with Crippen molar-refractivity contribution in [2.24, 2.45) is 40.9 Å². The number of carbonyl (C=O) groups excluding carboxylic acids is 2. The lowest BCUT2D eigenvalue weighted by atomic mass is 9.54. The number of aldehydes is 1. The molecule has 1 saturated heterocycles. The molecule has 3 atom stereocenters. The summed E-state index contributed by atoms with van der Waals surface area (Å²) in [6, 6.07) is 3.93. The largest absolute Gasteiger partial charge is 0.481 e. The van der Waals surface area contributed by atoms with Crippen molar-refractivity contribution >= 4 is 35.7 Å². The highest BCUT2D eigenvalue weighted by atomic mass is 32.2. The van der Waals surface area contributed by atoms with Gasteiger partial charge in [-0.15, -0.1) is 11.8 Å². The van der Waals surface area contributed by atoms with E-state index in [1.807, 2.05) is 23.3 Å². The molecular weight excluding hydrogens is 426 g/mol. The van der Waals surface area contributed by atoms with Crippen molar-refractivity contribution in [3.05, 3.63) is 17.7 Å². The van der Waals surface area contributed by atoms with Gasteiger partial charge in [-0.25, -0.2) is 4.98 Å². The first-order valence-corrected chi connectivity index (χ1v) is 13.0. The maximum atomic E-state index is 13.2. The second-order valence-electron chi connectivity index (χ2n) is 10.7. The van der Waals surface area contributed by atoms with Gasteiger partial charge in [-0.1, -0.05) is 0 Å². The first-order valence-electron chi connectivity index (χ1n) is 11.7. The summed E-state index contributed by atoms with van der Waals surface area (Å²) in [4.78, 5) is 43.0. The van der Waals surface area contributed by atoms with Crippen LogP contribution in [0.2, 0.25) is 0 Å². The maximum absolute atomic E-state index is 13.2. The average molecular weight is 456 g/mol. The van der Waals surface area contributed by atoms with Gasteiger partial charge in [-0.3, -0.25) is 9.59 Å². The number of thioether (sulfide) groups is 1. The Morgan fingerprint density at radius 1 is 1.19 bits per heavy atom. The Labute approximate surface area is 191 Å². The summed E-state index contributed by atoms with van der Waals surface area (Å²) in [7, 11) is 0. The van der Waals surface area contributed by atoms with E-state index in [0.29, 0.717) is 34.8 Å². The zero-order valence-electron chi connectivity index (χ0n) is 18.2. The molecule has 0 aromatic carbocycles. The predicted octanol–water partition coefficient (Wildman–Crippen LogP) is 2.69. The van der Waals surface area contributed by atoms with Crippen molar-refractivity contribution < 1.29 is 19.5 Å². The van der Waals surface area contributed by atoms with Gasteiger partial charge in [-0.05, 0) is 74.2 Å². The molecule has 7 rings (SSSR count). The molecule has 2 N–H and O–H groups in total. The Morgan fingerprint density at radius 2 is 1.88 bits per heavy atom. The van der Waals surface area contributed by atoms with E-state index in [1.165, 1.54) is 43.9 Å². The van der Waals surface area contributed by atoms with Crippen LogP contribution in [0, 0.1) is 40.9 Å². The van der Waals surface area contributed by atoms with Gasteiger partial charge in [0.25, 0.3) is 5.91 Å². The van der Waals surface area contributed by atoms with Gasteiger partial charge in [0.1, 0.15) is 22.5 Å². The van der Waals surface area contributed by atoms with E-state index in [1.54, 1.807) is 0 Å². The Kier molecular flexibility index (Phi) is 4.62. The molecule has 1 amide bonds. The van der Waals surface area contributed by atoms with Crippen LogP contribution in [0.15, 0.2) is 17.2 Å². The molecule has 4 bridgehead atoms. The number of anilines is 1. The Balaban J connectivity index is 1.19. The van der Waals surface area contributed by atoms with Crippen molar-refractivity contribution in [1.29, 1.82) is 0 Å². The zero-order chi connectivity index (χ0) is 22.2. The van der Waals surface area contributed by atoms with Crippen LogP contribution in [0.3, 0.4) is 0 Å². The minimum Gasteiger partial charge on any atom is -0.481 e. The molecule has 5 saturated carbocycles. The van der Waals surface area contributed by atoms with Crippen molar-refractivity contribution in [3.8, 4) is 0 Å². The lowest BCUT2D eigenvalue weighted by Gasteiger charge is -2.54. The third-order valence-electron chi connectivity index (χ3n) is 9.13. The van der Waals surface area contributed by atoms with E-state index in [2.05, 4.69) is 5.32 Å². The van der Waals surface area contributed by atoms with Gasteiger partial charge in [0.2, 0.25) is 0 Å². The number of rotatable bonds is 6. The first-order chi connectivity index (χ1) is 15.4. The molecule has 1 aromatic heterocycles. The Morgan fingerprint density at radius 3 is 2.44 bits per heavy atom. The molecule has 0 radical (unpaired) electrons. The highest BCUT2D eigenvalue weighted by Crippen LogP contribution is 2.62. The molecule has 6 aliphatic rings. The van der Waals surface area contributed by atoms with Gasteiger partial charge in [-0.2, -0.15) is 0 Å². The summed E-state index contributed by atoms with van der Waals surface area (Å²) in [6.07, 6.45) is 9.12. The van der Waals surface area contributed by atoms with E-state index in [4.69, 9.17) is 4.98 Å². The number of aromatic nitrogens is 1. The highest BCUT2D eigenvalue weighted by molar-refractivity contribution is 7.98. The predicted molar refractivity (Wildman–Crippen MR) is 120 cm³/mol. The van der Waals surface area contributed by atoms with Crippen LogP contribution >= 0.6 is 11.8 Å². The van der Waals surface area contributed by atoms with Crippen LogP contribution in [0.4, 0.5) is 5.82 Å². The molecule has 5 aliphatic carbocycles. The van der Waals surface area contributed by atoms with Crippen LogP contribution < -0.4 is 10.2 Å². The van der Waals surface area contributed by atoms with Crippen molar-refractivity contribution in [3.63, 3.8) is 0 Å². The number of pyridine rings is 1. The molecule has 0 spiro atoms. The standard InChI is InChI=1S/C24H29N3O4S/c1-32-22-16(21(29)26-20-14-5-12-4-13(7-14)8-15(20)6-12)2-3-19(25-22)27-9-17-18(10-28)24(17,11-27)23(30)31/h2-3,10,12-15,17-18,20H,4-9,11H2,1H3,(H,26,29)(H,30,31)/t12?,13?,14?,15?,17-,18?,20?,24+/m0/s1. The van der Waals surface area contributed by atoms with Gasteiger partial charge in [0.15, 0.2) is 0 Å². The molecule has 6 fully saturated rings. The van der Waals surface area contributed by atoms with Crippen LogP contribution in [0.1, 0.15) is 42.5 Å². The third-order valence-corrected chi connectivity index (χ3v) is 9.83. The number of carboxylic acids is 1. The maximum Gasteiger partial charge on any atom is 0.312 e. The van der Waals surface area contributed by atoms with E-state index in [9.17, 15) is 19.5 Å². The van der Waals surface area contributed by atoms with Crippen molar-refractivity contribution in [1.82, 2.24) is 10.3 Å². The lowest BCUT2D eigenvalue weighted by molar-refractivity contribution is -0.144. The topological polar surface area (TPSA) is 99.6 Å². The molecule has 8 heteroatoms. The second-order valence-corrected chi connectivity index (χ2v) is 11.4. The monoisotopic (exact) mass is 455 g/mol. The number of carbonyl (C=O) groups is 3. The summed E-state index contributed by atoms with van der Waals surface area (Å²) < 4.78 is 0. The lowest BCUT2D eigenvalue weighted by Crippen LogP contribution is -2.55. The van der Waals surface area contributed by atoms with Crippen LogP contribution in [0.25, 0.3) is 0 Å². The molecule has 7 nitrogen and oxygen atoms in total. The zero-order valence-corrected chi connectivity index (χ0v) is 19.0. The number of piperidine rings is 1. The molecule has 1 aliphatic heterocycles. The third kappa shape index (κ3) is 2.87. The van der Waals surface area contributed by atoms with Crippen molar-refractivity contribution in [2.75, 3.05) is 24.2 Å². The van der Waals surface area contributed by atoms with E-state index in [0.717, 1.165) is 18.1 Å². The summed E-state index contributed by atoms with van der Waals surface area (Å²) >= 11 is 1.44. The quantitative estimate of drug-likeness (QED) is 0.503. The number of amides is 1. The highest BCUT2D eigenvalue weighted by Gasteiger charge is 2.74. The molecule has 32 heavy (non-hydrogen) atoms. The van der Waals surface area contributed by atoms with Crippen LogP contribution in [-0.4, -0.2) is 53.6 Å². The number of hydrogen-bond acceptors (Lipinski definition) is 6. The molecular formula is C24H29N3O4S. The normalized spacial score (nSPS) is 40.8. The SMILES string of the molecule is CSc1nc(N2C[C@H]3C(C=O)[C@@]3(C(=O)O)C2)ccc1C(=O)NC1C2CC3CC(C2)CC1C3.